The van der Waals surface area contributed by atoms with E-state index in [1.165, 1.54) is 0 Å². The summed E-state index contributed by atoms with van der Waals surface area (Å²) in [6.45, 7) is 5.56. The summed E-state index contributed by atoms with van der Waals surface area (Å²) in [5.41, 5.74) is 6.41. The first-order chi connectivity index (χ1) is 13.0. The summed E-state index contributed by atoms with van der Waals surface area (Å²) in [7, 11) is 3.80. The van der Waals surface area contributed by atoms with Crippen LogP contribution in [0, 0.1) is 0 Å². The topological polar surface area (TPSA) is 83.7 Å². The predicted molar refractivity (Wildman–Crippen MR) is 111 cm³/mol. The molecule has 1 saturated heterocycles. The van der Waals surface area contributed by atoms with Crippen molar-refractivity contribution in [3.05, 3.63) is 23.7 Å². The molecule has 0 saturated carbocycles. The van der Waals surface area contributed by atoms with Crippen LogP contribution in [0.3, 0.4) is 0 Å². The fraction of sp³-hybridized carbons (Fsp3) is 0.444. The number of pyridine rings is 1. The summed E-state index contributed by atoms with van der Waals surface area (Å²) in [4.78, 5) is 22.1. The second-order valence-electron chi connectivity index (χ2n) is 6.49. The maximum atomic E-state index is 11.9. The summed E-state index contributed by atoms with van der Waals surface area (Å²) in [6, 6.07) is 3.34. The van der Waals surface area contributed by atoms with Crippen molar-refractivity contribution in [2.75, 3.05) is 50.6 Å². The third-order valence-corrected chi connectivity index (χ3v) is 6.45. The molecule has 0 radical (unpaired) electrons. The highest BCUT2D eigenvalue weighted by atomic mass is 32.2. The number of carbonyl (C=O) groups is 1. The van der Waals surface area contributed by atoms with E-state index in [1.807, 2.05) is 23.7 Å². The number of thiophene rings is 1. The Balaban J connectivity index is 1.75. The zero-order valence-electron chi connectivity index (χ0n) is 15.8. The highest BCUT2D eigenvalue weighted by Gasteiger charge is 2.20. The van der Waals surface area contributed by atoms with E-state index < -0.39 is 6.04 Å². The lowest BCUT2D eigenvalue weighted by molar-refractivity contribution is -0.117. The van der Waals surface area contributed by atoms with Gasteiger partial charge >= 0.3 is 0 Å². The van der Waals surface area contributed by atoms with Crippen LogP contribution in [-0.2, 0) is 4.79 Å². The van der Waals surface area contributed by atoms with Gasteiger partial charge in [-0.2, -0.15) is 0 Å². The first kappa shape index (κ1) is 19.9. The molecular formula is C18H25N5O2S2. The normalized spacial score (nSPS) is 16.2. The lowest BCUT2D eigenvalue weighted by atomic mass is 10.3. The minimum absolute atomic E-state index is 0.198. The van der Waals surface area contributed by atoms with Crippen molar-refractivity contribution in [3.63, 3.8) is 0 Å². The lowest BCUT2D eigenvalue weighted by Crippen LogP contribution is -2.44. The van der Waals surface area contributed by atoms with Crippen LogP contribution in [0.25, 0.3) is 0 Å². The minimum atomic E-state index is -0.549. The van der Waals surface area contributed by atoms with Crippen molar-refractivity contribution in [2.24, 2.45) is 5.73 Å². The summed E-state index contributed by atoms with van der Waals surface area (Å²) < 4.78 is 6.58. The Hall–Kier alpha value is -1.81. The van der Waals surface area contributed by atoms with E-state index >= 15 is 0 Å². The van der Waals surface area contributed by atoms with Crippen molar-refractivity contribution in [2.45, 2.75) is 22.1 Å². The molecule has 1 amide bonds. The molecular weight excluding hydrogens is 382 g/mol. The number of nitrogens with zero attached hydrogens (tertiary/aromatic N) is 3. The van der Waals surface area contributed by atoms with E-state index in [0.717, 1.165) is 52.5 Å². The molecule has 7 nitrogen and oxygen atoms in total. The maximum Gasteiger partial charge on any atom is 0.241 e. The van der Waals surface area contributed by atoms with Crippen LogP contribution in [-0.4, -0.2) is 62.2 Å². The molecule has 0 bridgehead atoms. The molecule has 3 rings (SSSR count). The Morgan fingerprint density at radius 3 is 2.81 bits per heavy atom. The van der Waals surface area contributed by atoms with Gasteiger partial charge in [0.15, 0.2) is 11.6 Å². The van der Waals surface area contributed by atoms with E-state index in [9.17, 15) is 4.79 Å². The van der Waals surface area contributed by atoms with Gasteiger partial charge in [-0.1, -0.05) is 11.8 Å². The van der Waals surface area contributed by atoms with Gasteiger partial charge in [0.25, 0.3) is 0 Å². The third kappa shape index (κ3) is 4.92. The van der Waals surface area contributed by atoms with Crippen molar-refractivity contribution in [3.8, 4) is 5.75 Å². The van der Waals surface area contributed by atoms with Gasteiger partial charge in [0.2, 0.25) is 5.91 Å². The van der Waals surface area contributed by atoms with E-state index in [0.29, 0.717) is 0 Å². The second kappa shape index (κ2) is 8.92. The number of carbonyl (C=O) groups excluding carboxylic acids is 1. The number of ether oxygens (including phenoxy) is 1. The first-order valence-electron chi connectivity index (χ1n) is 8.77. The summed E-state index contributed by atoms with van der Waals surface area (Å²) in [5.74, 6) is 1.45. The number of methoxy groups -OCH3 is 1. The second-order valence-corrected chi connectivity index (χ2v) is 8.75. The van der Waals surface area contributed by atoms with Crippen molar-refractivity contribution in [1.82, 2.24) is 9.88 Å². The van der Waals surface area contributed by atoms with Crippen LogP contribution < -0.4 is 20.7 Å². The number of hydrogen-bond acceptors (Lipinski definition) is 8. The molecule has 2 aromatic heterocycles. The Kier molecular flexibility index (Phi) is 6.59. The Morgan fingerprint density at radius 1 is 1.41 bits per heavy atom. The zero-order valence-corrected chi connectivity index (χ0v) is 17.4. The largest absolute Gasteiger partial charge is 0.493 e. The van der Waals surface area contributed by atoms with Crippen molar-refractivity contribution < 1.29 is 9.53 Å². The summed E-state index contributed by atoms with van der Waals surface area (Å²) >= 11 is 3.12. The molecule has 1 unspecified atom stereocenters. The molecule has 3 heterocycles. The number of hydrogen-bond donors (Lipinski definition) is 2. The van der Waals surface area contributed by atoms with E-state index in [-0.39, 0.29) is 5.91 Å². The summed E-state index contributed by atoms with van der Waals surface area (Å²) in [6.07, 6.45) is 1.86. The van der Waals surface area contributed by atoms with Gasteiger partial charge in [0.05, 0.1) is 23.0 Å². The van der Waals surface area contributed by atoms with E-state index in [4.69, 9.17) is 10.5 Å². The van der Waals surface area contributed by atoms with E-state index in [1.54, 1.807) is 37.1 Å². The van der Waals surface area contributed by atoms with Crippen LogP contribution in [0.2, 0.25) is 0 Å². The minimum Gasteiger partial charge on any atom is -0.493 e. The van der Waals surface area contributed by atoms with Gasteiger partial charge in [-0.25, -0.2) is 4.98 Å². The molecule has 27 heavy (non-hydrogen) atoms. The molecule has 1 fully saturated rings. The smallest absolute Gasteiger partial charge is 0.241 e. The van der Waals surface area contributed by atoms with Gasteiger partial charge < -0.3 is 25.6 Å². The van der Waals surface area contributed by atoms with Gasteiger partial charge in [0.1, 0.15) is 0 Å². The predicted octanol–water partition coefficient (Wildman–Crippen LogP) is 2.34. The SMILES string of the molecule is COc1cc(Sc2sccc2NC(=O)C(C)N)cnc1N1CCN(C)CC1. The molecule has 146 valence electrons. The van der Waals surface area contributed by atoms with Gasteiger partial charge in [-0.05, 0) is 31.5 Å². The molecule has 2 aromatic rings. The average Bonchev–Trinajstić information content (AvgIpc) is 3.09. The standard InChI is InChI=1S/C18H25N5O2S2/c1-12(19)17(24)21-14-4-9-26-18(14)27-13-10-15(25-3)16(20-11-13)23-7-5-22(2)6-8-23/h4,9-12H,5-8,19H2,1-3H3,(H,21,24). The number of amides is 1. The number of piperazine rings is 1. The third-order valence-electron chi connectivity index (χ3n) is 4.34. The van der Waals surface area contributed by atoms with Crippen molar-refractivity contribution in [1.29, 1.82) is 0 Å². The molecule has 0 spiro atoms. The Morgan fingerprint density at radius 2 is 2.15 bits per heavy atom. The van der Waals surface area contributed by atoms with Crippen LogP contribution >= 0.6 is 23.1 Å². The Labute approximate surface area is 167 Å². The number of rotatable bonds is 6. The lowest BCUT2D eigenvalue weighted by Gasteiger charge is -2.33. The van der Waals surface area contributed by atoms with Gasteiger partial charge in [-0.3, -0.25) is 4.79 Å². The number of nitrogens with two attached hydrogens (primary N) is 1. The summed E-state index contributed by atoms with van der Waals surface area (Å²) in [5, 5.41) is 4.81. The fourth-order valence-corrected chi connectivity index (χ4v) is 4.64. The van der Waals surface area contributed by atoms with Crippen LogP contribution in [0.15, 0.2) is 32.8 Å². The molecule has 9 heteroatoms. The van der Waals surface area contributed by atoms with Crippen LogP contribution in [0.1, 0.15) is 6.92 Å². The fourth-order valence-electron chi connectivity index (χ4n) is 2.70. The molecule has 1 atom stereocenters. The van der Waals surface area contributed by atoms with Crippen LogP contribution in [0.5, 0.6) is 5.75 Å². The maximum absolute atomic E-state index is 11.9. The number of anilines is 2. The number of likely N-dealkylation sites (N-methyl/N-ethyl adjacent to an activating group) is 1. The Bertz CT molecular complexity index is 788. The van der Waals surface area contributed by atoms with E-state index in [2.05, 4.69) is 27.1 Å². The van der Waals surface area contributed by atoms with Crippen molar-refractivity contribution >= 4 is 40.5 Å². The highest BCUT2D eigenvalue weighted by molar-refractivity contribution is 8.01. The molecule has 0 aliphatic carbocycles. The monoisotopic (exact) mass is 407 g/mol. The molecule has 3 N–H and O–H groups in total. The molecule has 1 aliphatic rings. The number of aromatic nitrogens is 1. The van der Waals surface area contributed by atoms with Gasteiger partial charge in [0, 0.05) is 37.3 Å². The zero-order chi connectivity index (χ0) is 19.4. The quantitative estimate of drug-likeness (QED) is 0.760. The molecule has 1 aliphatic heterocycles. The first-order valence-corrected chi connectivity index (χ1v) is 10.5. The van der Waals surface area contributed by atoms with Crippen LogP contribution in [0.4, 0.5) is 11.5 Å². The highest BCUT2D eigenvalue weighted by Crippen LogP contribution is 2.40. The average molecular weight is 408 g/mol. The molecule has 0 aromatic carbocycles. The van der Waals surface area contributed by atoms with Gasteiger partial charge in [-0.15, -0.1) is 11.3 Å². The number of nitrogens with one attached hydrogen (secondary N) is 1.